The molecular formula is C14H19F3N2O2. The molecule has 0 aliphatic heterocycles. The highest BCUT2D eigenvalue weighted by Crippen LogP contribution is 2.27. The molecule has 1 saturated carbocycles. The van der Waals surface area contributed by atoms with Crippen molar-refractivity contribution >= 4 is 5.91 Å². The summed E-state index contributed by atoms with van der Waals surface area (Å²) in [5.74, 6) is -0.387. The van der Waals surface area contributed by atoms with Gasteiger partial charge in [-0.1, -0.05) is 0 Å². The Kier molecular flexibility index (Phi) is 4.92. The molecule has 1 amide bonds. The lowest BCUT2D eigenvalue weighted by Crippen LogP contribution is -2.45. The molecular weight excluding hydrogens is 285 g/mol. The number of amides is 1. The minimum atomic E-state index is -4.36. The molecule has 0 spiro atoms. The second kappa shape index (κ2) is 6.51. The number of nitrogens with zero attached hydrogens (tertiary/aromatic N) is 2. The number of rotatable bonds is 6. The van der Waals surface area contributed by atoms with Crippen LogP contribution in [0.3, 0.4) is 0 Å². The van der Waals surface area contributed by atoms with Crippen LogP contribution >= 0.6 is 0 Å². The normalized spacial score (nSPS) is 15.8. The Bertz CT molecular complexity index is 481. The van der Waals surface area contributed by atoms with Gasteiger partial charge in [-0.3, -0.25) is 4.79 Å². The maximum absolute atomic E-state index is 12.5. The monoisotopic (exact) mass is 304 g/mol. The Labute approximate surface area is 121 Å². The fourth-order valence-corrected chi connectivity index (χ4v) is 2.48. The van der Waals surface area contributed by atoms with Crippen LogP contribution in [0.2, 0.25) is 0 Å². The van der Waals surface area contributed by atoms with Gasteiger partial charge in [0, 0.05) is 25.4 Å². The highest BCUT2D eigenvalue weighted by Gasteiger charge is 2.33. The number of carbonyl (C=O) groups excluding carboxylic acids is 1. The van der Waals surface area contributed by atoms with E-state index in [9.17, 15) is 18.0 Å². The van der Waals surface area contributed by atoms with Crippen molar-refractivity contribution in [2.24, 2.45) is 0 Å². The van der Waals surface area contributed by atoms with Gasteiger partial charge in [0.1, 0.15) is 12.2 Å². The standard InChI is InChI=1S/C14H19F3N2O2/c15-14(16,17)10-18-7-2-6-12(18)13(21)19(8-3-9-20)11-4-1-5-11/h2,6-7,11,20H,1,3-5,8-10H2. The van der Waals surface area contributed by atoms with Crippen LogP contribution in [0.15, 0.2) is 18.3 Å². The molecule has 2 rings (SSSR count). The van der Waals surface area contributed by atoms with Gasteiger partial charge in [0.05, 0.1) is 0 Å². The Morgan fingerprint density at radius 2 is 2.14 bits per heavy atom. The highest BCUT2D eigenvalue weighted by molar-refractivity contribution is 5.93. The topological polar surface area (TPSA) is 45.5 Å². The van der Waals surface area contributed by atoms with Crippen molar-refractivity contribution in [1.82, 2.24) is 9.47 Å². The molecule has 0 atom stereocenters. The van der Waals surface area contributed by atoms with Gasteiger partial charge in [-0.2, -0.15) is 13.2 Å². The third-order valence-electron chi connectivity index (χ3n) is 3.73. The quantitative estimate of drug-likeness (QED) is 0.877. The predicted molar refractivity (Wildman–Crippen MR) is 70.9 cm³/mol. The van der Waals surface area contributed by atoms with Gasteiger partial charge in [-0.05, 0) is 37.8 Å². The average molecular weight is 304 g/mol. The first-order chi connectivity index (χ1) is 9.92. The van der Waals surface area contributed by atoms with Crippen LogP contribution in [-0.4, -0.2) is 45.9 Å². The van der Waals surface area contributed by atoms with Crippen molar-refractivity contribution in [3.05, 3.63) is 24.0 Å². The van der Waals surface area contributed by atoms with Crippen LogP contribution in [0.1, 0.15) is 36.2 Å². The zero-order valence-corrected chi connectivity index (χ0v) is 11.6. The van der Waals surface area contributed by atoms with E-state index < -0.39 is 12.7 Å². The van der Waals surface area contributed by atoms with Crippen LogP contribution in [0, 0.1) is 0 Å². The summed E-state index contributed by atoms with van der Waals surface area (Å²) >= 11 is 0. The first kappa shape index (κ1) is 15.9. The second-order valence-electron chi connectivity index (χ2n) is 5.30. The van der Waals surface area contributed by atoms with Crippen LogP contribution in [0.4, 0.5) is 13.2 Å². The van der Waals surface area contributed by atoms with Crippen molar-refractivity contribution < 1.29 is 23.1 Å². The van der Waals surface area contributed by atoms with E-state index in [-0.39, 0.29) is 24.2 Å². The van der Waals surface area contributed by atoms with Crippen molar-refractivity contribution in [1.29, 1.82) is 0 Å². The maximum atomic E-state index is 12.5. The number of hydrogen-bond donors (Lipinski definition) is 1. The van der Waals surface area contributed by atoms with Crippen molar-refractivity contribution in [3.63, 3.8) is 0 Å². The molecule has 0 bridgehead atoms. The lowest BCUT2D eigenvalue weighted by atomic mass is 9.91. The summed E-state index contributed by atoms with van der Waals surface area (Å²) in [6.07, 6.45) is 0.111. The van der Waals surface area contributed by atoms with Gasteiger partial charge in [0.2, 0.25) is 0 Å². The Morgan fingerprint density at radius 3 is 2.67 bits per heavy atom. The molecule has 1 fully saturated rings. The number of halogens is 3. The summed E-state index contributed by atoms with van der Waals surface area (Å²) in [7, 11) is 0. The number of aromatic nitrogens is 1. The number of alkyl halides is 3. The molecule has 0 aromatic carbocycles. The number of aliphatic hydroxyl groups excluding tert-OH is 1. The van der Waals surface area contributed by atoms with E-state index in [2.05, 4.69) is 0 Å². The molecule has 1 N–H and O–H groups in total. The van der Waals surface area contributed by atoms with Gasteiger partial charge >= 0.3 is 6.18 Å². The molecule has 0 saturated heterocycles. The van der Waals surface area contributed by atoms with Crippen molar-refractivity contribution in [2.75, 3.05) is 13.2 Å². The lowest BCUT2D eigenvalue weighted by molar-refractivity contribution is -0.140. The average Bonchev–Trinajstić information content (AvgIpc) is 2.76. The minimum absolute atomic E-state index is 0.0416. The molecule has 1 aliphatic rings. The van der Waals surface area contributed by atoms with E-state index in [1.54, 1.807) is 4.90 Å². The zero-order valence-electron chi connectivity index (χ0n) is 11.6. The van der Waals surface area contributed by atoms with Crippen LogP contribution < -0.4 is 0 Å². The Balaban J connectivity index is 2.14. The Hall–Kier alpha value is -1.50. The smallest absolute Gasteiger partial charge is 0.396 e. The van der Waals surface area contributed by atoms with E-state index in [0.717, 1.165) is 23.8 Å². The third kappa shape index (κ3) is 4.00. The molecule has 0 radical (unpaired) electrons. The minimum Gasteiger partial charge on any atom is -0.396 e. The SMILES string of the molecule is O=C(c1cccn1CC(F)(F)F)N(CCCO)C1CCC1. The summed E-state index contributed by atoms with van der Waals surface area (Å²) in [6.45, 7) is -0.836. The van der Waals surface area contributed by atoms with E-state index in [0.29, 0.717) is 13.0 Å². The zero-order chi connectivity index (χ0) is 15.5. The largest absolute Gasteiger partial charge is 0.406 e. The first-order valence-corrected chi connectivity index (χ1v) is 7.06. The van der Waals surface area contributed by atoms with Crippen LogP contribution in [-0.2, 0) is 6.54 Å². The summed E-state index contributed by atoms with van der Waals surface area (Å²) in [4.78, 5) is 14.1. The van der Waals surface area contributed by atoms with Crippen LogP contribution in [0.25, 0.3) is 0 Å². The predicted octanol–water partition coefficient (Wildman–Crippen LogP) is 2.43. The van der Waals surface area contributed by atoms with Gasteiger partial charge in [0.25, 0.3) is 5.91 Å². The number of carbonyl (C=O) groups is 1. The third-order valence-corrected chi connectivity index (χ3v) is 3.73. The molecule has 1 heterocycles. The molecule has 1 aromatic rings. The fraction of sp³-hybridized carbons (Fsp3) is 0.643. The number of aliphatic hydroxyl groups is 1. The lowest BCUT2D eigenvalue weighted by Gasteiger charge is -2.37. The highest BCUT2D eigenvalue weighted by atomic mass is 19.4. The Morgan fingerprint density at radius 1 is 1.43 bits per heavy atom. The van der Waals surface area contributed by atoms with Crippen molar-refractivity contribution in [2.45, 2.75) is 44.4 Å². The van der Waals surface area contributed by atoms with Crippen LogP contribution in [0.5, 0.6) is 0 Å². The number of hydrogen-bond acceptors (Lipinski definition) is 2. The van der Waals surface area contributed by atoms with Crippen molar-refractivity contribution in [3.8, 4) is 0 Å². The molecule has 4 nitrogen and oxygen atoms in total. The maximum Gasteiger partial charge on any atom is 0.406 e. The summed E-state index contributed by atoms with van der Waals surface area (Å²) < 4.78 is 38.5. The molecule has 1 aromatic heterocycles. The van der Waals surface area contributed by atoms with Gasteiger partial charge in [-0.25, -0.2) is 0 Å². The second-order valence-corrected chi connectivity index (χ2v) is 5.30. The molecule has 0 unspecified atom stereocenters. The summed E-state index contributed by atoms with van der Waals surface area (Å²) in [6, 6.07) is 2.95. The molecule has 7 heteroatoms. The fourth-order valence-electron chi connectivity index (χ4n) is 2.48. The van der Waals surface area contributed by atoms with E-state index in [1.165, 1.54) is 18.3 Å². The van der Waals surface area contributed by atoms with E-state index >= 15 is 0 Å². The molecule has 118 valence electrons. The van der Waals surface area contributed by atoms with Gasteiger partial charge in [0.15, 0.2) is 0 Å². The summed E-state index contributed by atoms with van der Waals surface area (Å²) in [5, 5.41) is 8.92. The van der Waals surface area contributed by atoms with E-state index in [1.807, 2.05) is 0 Å². The molecule has 1 aliphatic carbocycles. The van der Waals surface area contributed by atoms with E-state index in [4.69, 9.17) is 5.11 Å². The van der Waals surface area contributed by atoms with Gasteiger partial charge in [-0.15, -0.1) is 0 Å². The van der Waals surface area contributed by atoms with Gasteiger partial charge < -0.3 is 14.6 Å². The molecule has 21 heavy (non-hydrogen) atoms. The first-order valence-electron chi connectivity index (χ1n) is 7.06. The summed E-state index contributed by atoms with van der Waals surface area (Å²) in [5.41, 5.74) is 0.0529.